The van der Waals surface area contributed by atoms with Crippen molar-refractivity contribution < 1.29 is 9.59 Å². The lowest BCUT2D eigenvalue weighted by molar-refractivity contribution is -0.136. The Hall–Kier alpha value is -1.59. The molecular weight excluding hydrogens is 350 g/mol. The van der Waals surface area contributed by atoms with Crippen LogP contribution in [0.2, 0.25) is 5.02 Å². The molecule has 2 aliphatic rings. The number of carbonyl (C=O) groups is 2. The molecule has 0 saturated carbocycles. The molecule has 2 heterocycles. The minimum atomic E-state index is -0.226. The van der Waals surface area contributed by atoms with Crippen LogP contribution in [0.5, 0.6) is 0 Å². The van der Waals surface area contributed by atoms with Gasteiger partial charge >= 0.3 is 0 Å². The van der Waals surface area contributed by atoms with E-state index in [4.69, 9.17) is 11.6 Å². The second-order valence-corrected chi connectivity index (χ2v) is 7.83. The lowest BCUT2D eigenvalue weighted by Gasteiger charge is -2.36. The molecule has 0 radical (unpaired) electrons. The fraction of sp³-hybridized carbons (Fsp3) is 0.600. The summed E-state index contributed by atoms with van der Waals surface area (Å²) in [5.41, 5.74) is 1.64. The number of hydrogen-bond acceptors (Lipinski definition) is 3. The molecule has 0 spiro atoms. The van der Waals surface area contributed by atoms with E-state index in [2.05, 4.69) is 10.2 Å². The van der Waals surface area contributed by atoms with Gasteiger partial charge in [-0.05, 0) is 70.3 Å². The van der Waals surface area contributed by atoms with Gasteiger partial charge in [0.25, 0.3) is 0 Å². The molecule has 142 valence electrons. The standard InChI is InChI=1S/C20H28ClN3O2/c1-14-17(21)6-5-7-18(14)22-19(25)15(2)23-12-8-16(9-13-23)20(26)24-10-3-4-11-24/h5-7,15-16H,3-4,8-13H2,1-2H3,(H,22,25)/t15-/m0/s1. The average molecular weight is 378 g/mol. The minimum Gasteiger partial charge on any atom is -0.342 e. The second-order valence-electron chi connectivity index (χ2n) is 7.42. The van der Waals surface area contributed by atoms with Gasteiger partial charge in [-0.2, -0.15) is 0 Å². The lowest BCUT2D eigenvalue weighted by atomic mass is 9.94. The van der Waals surface area contributed by atoms with E-state index >= 15 is 0 Å². The molecule has 1 atom stereocenters. The maximum atomic E-state index is 12.6. The monoisotopic (exact) mass is 377 g/mol. The van der Waals surface area contributed by atoms with Crippen LogP contribution in [-0.4, -0.2) is 53.8 Å². The topological polar surface area (TPSA) is 52.7 Å². The quantitative estimate of drug-likeness (QED) is 0.875. The molecule has 1 aromatic carbocycles. The van der Waals surface area contributed by atoms with Crippen LogP contribution in [0.25, 0.3) is 0 Å². The highest BCUT2D eigenvalue weighted by Gasteiger charge is 2.32. The van der Waals surface area contributed by atoms with Gasteiger partial charge in [0.05, 0.1) is 6.04 Å². The first-order chi connectivity index (χ1) is 12.5. The van der Waals surface area contributed by atoms with Crippen molar-refractivity contribution in [3.05, 3.63) is 28.8 Å². The van der Waals surface area contributed by atoms with Crippen molar-refractivity contribution in [3.63, 3.8) is 0 Å². The Morgan fingerprint density at radius 1 is 1.15 bits per heavy atom. The highest BCUT2D eigenvalue weighted by molar-refractivity contribution is 6.31. The SMILES string of the molecule is Cc1c(Cl)cccc1NC(=O)[C@H](C)N1CCC(C(=O)N2CCCC2)CC1. The first kappa shape index (κ1) is 19.2. The third-order valence-electron chi connectivity index (χ3n) is 5.75. The molecule has 5 nitrogen and oxygen atoms in total. The number of carbonyl (C=O) groups excluding carboxylic acids is 2. The molecule has 1 N–H and O–H groups in total. The van der Waals surface area contributed by atoms with Crippen molar-refractivity contribution in [3.8, 4) is 0 Å². The van der Waals surface area contributed by atoms with Crippen LogP contribution in [0, 0.1) is 12.8 Å². The van der Waals surface area contributed by atoms with E-state index in [-0.39, 0.29) is 17.9 Å². The van der Waals surface area contributed by atoms with Crippen molar-refractivity contribution >= 4 is 29.1 Å². The van der Waals surface area contributed by atoms with Crippen LogP contribution in [0.1, 0.15) is 38.2 Å². The van der Waals surface area contributed by atoms with Crippen LogP contribution >= 0.6 is 11.6 Å². The third kappa shape index (κ3) is 4.21. The highest BCUT2D eigenvalue weighted by atomic mass is 35.5. The van der Waals surface area contributed by atoms with Gasteiger partial charge in [0.2, 0.25) is 11.8 Å². The molecule has 3 rings (SSSR count). The predicted octanol–water partition coefficient (Wildman–Crippen LogP) is 3.31. The number of nitrogens with zero attached hydrogens (tertiary/aromatic N) is 2. The predicted molar refractivity (Wildman–Crippen MR) is 104 cm³/mol. The molecule has 2 fully saturated rings. The number of piperidine rings is 1. The molecule has 0 aliphatic carbocycles. The summed E-state index contributed by atoms with van der Waals surface area (Å²) in [6, 6.07) is 5.30. The van der Waals surface area contributed by atoms with Gasteiger partial charge in [0.15, 0.2) is 0 Å². The lowest BCUT2D eigenvalue weighted by Crippen LogP contribution is -2.48. The molecule has 1 aromatic rings. The average Bonchev–Trinajstić information content (AvgIpc) is 3.19. The zero-order valence-corrected chi connectivity index (χ0v) is 16.4. The summed E-state index contributed by atoms with van der Waals surface area (Å²) in [4.78, 5) is 29.3. The Morgan fingerprint density at radius 2 is 1.81 bits per heavy atom. The Balaban J connectivity index is 1.52. The molecule has 26 heavy (non-hydrogen) atoms. The molecule has 0 aromatic heterocycles. The van der Waals surface area contributed by atoms with Crippen molar-refractivity contribution in [2.75, 3.05) is 31.5 Å². The second kappa shape index (κ2) is 8.40. The smallest absolute Gasteiger partial charge is 0.241 e. The van der Waals surface area contributed by atoms with E-state index < -0.39 is 0 Å². The van der Waals surface area contributed by atoms with Crippen molar-refractivity contribution in [2.45, 2.75) is 45.6 Å². The number of halogens is 1. The fourth-order valence-corrected chi connectivity index (χ4v) is 4.05. The summed E-state index contributed by atoms with van der Waals surface area (Å²) >= 11 is 6.13. The number of amides is 2. The van der Waals surface area contributed by atoms with Crippen LogP contribution in [-0.2, 0) is 9.59 Å². The Kier molecular flexibility index (Phi) is 6.20. The maximum absolute atomic E-state index is 12.6. The zero-order valence-electron chi connectivity index (χ0n) is 15.6. The van der Waals surface area contributed by atoms with Crippen LogP contribution < -0.4 is 5.32 Å². The Labute approximate surface area is 160 Å². The van der Waals surface area contributed by atoms with Crippen LogP contribution in [0.3, 0.4) is 0 Å². The summed E-state index contributed by atoms with van der Waals surface area (Å²) in [5, 5.41) is 3.64. The minimum absolute atomic E-state index is 0.0281. The molecule has 0 bridgehead atoms. The van der Waals surface area contributed by atoms with Gasteiger partial charge in [-0.1, -0.05) is 17.7 Å². The van der Waals surface area contributed by atoms with Crippen LogP contribution in [0.4, 0.5) is 5.69 Å². The van der Waals surface area contributed by atoms with Gasteiger partial charge < -0.3 is 10.2 Å². The number of anilines is 1. The maximum Gasteiger partial charge on any atom is 0.241 e. The molecule has 6 heteroatoms. The fourth-order valence-electron chi connectivity index (χ4n) is 3.88. The van der Waals surface area contributed by atoms with Gasteiger partial charge in [-0.25, -0.2) is 0 Å². The summed E-state index contributed by atoms with van der Waals surface area (Å²) in [6.45, 7) is 7.23. The van der Waals surface area contributed by atoms with Crippen molar-refractivity contribution in [1.29, 1.82) is 0 Å². The highest BCUT2D eigenvalue weighted by Crippen LogP contribution is 2.25. The van der Waals surface area contributed by atoms with Gasteiger partial charge in [-0.3, -0.25) is 14.5 Å². The Morgan fingerprint density at radius 3 is 2.46 bits per heavy atom. The molecular formula is C20H28ClN3O2. The van der Waals surface area contributed by atoms with E-state index in [1.807, 2.05) is 36.9 Å². The van der Waals surface area contributed by atoms with Crippen LogP contribution in [0.15, 0.2) is 18.2 Å². The third-order valence-corrected chi connectivity index (χ3v) is 6.16. The largest absolute Gasteiger partial charge is 0.342 e. The van der Waals surface area contributed by atoms with E-state index in [1.165, 1.54) is 0 Å². The van der Waals surface area contributed by atoms with E-state index in [9.17, 15) is 9.59 Å². The zero-order chi connectivity index (χ0) is 18.7. The van der Waals surface area contributed by atoms with E-state index in [1.54, 1.807) is 0 Å². The van der Waals surface area contributed by atoms with Gasteiger partial charge in [0, 0.05) is 29.7 Å². The number of hydrogen-bond donors (Lipinski definition) is 1. The van der Waals surface area contributed by atoms with Gasteiger partial charge in [-0.15, -0.1) is 0 Å². The first-order valence-electron chi connectivity index (χ1n) is 9.56. The van der Waals surface area contributed by atoms with Crippen molar-refractivity contribution in [1.82, 2.24) is 9.80 Å². The summed E-state index contributed by atoms with van der Waals surface area (Å²) in [6.07, 6.45) is 3.93. The number of nitrogens with one attached hydrogen (secondary N) is 1. The van der Waals surface area contributed by atoms with Crippen molar-refractivity contribution in [2.24, 2.45) is 5.92 Å². The molecule has 2 saturated heterocycles. The molecule has 2 amide bonds. The van der Waals surface area contributed by atoms with E-state index in [0.29, 0.717) is 10.9 Å². The summed E-state index contributed by atoms with van der Waals surface area (Å²) in [5.74, 6) is 0.406. The first-order valence-corrected chi connectivity index (χ1v) is 9.94. The normalized spacial score (nSPS) is 20.2. The molecule has 2 aliphatic heterocycles. The number of likely N-dealkylation sites (tertiary alicyclic amines) is 2. The number of rotatable bonds is 4. The Bertz CT molecular complexity index is 665. The van der Waals surface area contributed by atoms with Gasteiger partial charge in [0.1, 0.15) is 0 Å². The summed E-state index contributed by atoms with van der Waals surface area (Å²) < 4.78 is 0. The summed E-state index contributed by atoms with van der Waals surface area (Å²) in [7, 11) is 0. The molecule has 0 unspecified atom stereocenters. The van der Waals surface area contributed by atoms with E-state index in [0.717, 1.165) is 63.1 Å². The number of benzene rings is 1.